The Balaban J connectivity index is 1.48. The summed E-state index contributed by atoms with van der Waals surface area (Å²) in [4.78, 5) is 14.2. The fourth-order valence-electron chi connectivity index (χ4n) is 5.42. The minimum atomic E-state index is -0.278. The molecule has 0 aliphatic carbocycles. The van der Waals surface area contributed by atoms with Crippen LogP contribution >= 0.6 is 0 Å². The third-order valence-electron chi connectivity index (χ3n) is 7.04. The van der Waals surface area contributed by atoms with Gasteiger partial charge in [0.25, 0.3) is 0 Å². The molecular formula is C26H27FN6O. The third kappa shape index (κ3) is 3.40. The molecule has 7 nitrogen and oxygen atoms in total. The zero-order chi connectivity index (χ0) is 23.4. The van der Waals surface area contributed by atoms with Crippen molar-refractivity contribution in [3.63, 3.8) is 0 Å². The van der Waals surface area contributed by atoms with Crippen LogP contribution in [0.5, 0.6) is 5.88 Å². The van der Waals surface area contributed by atoms with Crippen LogP contribution in [-0.2, 0) is 0 Å². The first-order valence-corrected chi connectivity index (χ1v) is 11.7. The van der Waals surface area contributed by atoms with E-state index in [1.165, 1.54) is 18.6 Å². The van der Waals surface area contributed by atoms with Crippen LogP contribution in [-0.4, -0.2) is 62.8 Å². The molecule has 8 heteroatoms. The van der Waals surface area contributed by atoms with Crippen LogP contribution < -0.4 is 9.64 Å². The maximum atomic E-state index is 13.6. The first-order valence-electron chi connectivity index (χ1n) is 11.7. The molecule has 2 aliphatic rings. The van der Waals surface area contributed by atoms with Crippen LogP contribution in [0.3, 0.4) is 0 Å². The molecule has 0 saturated carbocycles. The summed E-state index contributed by atoms with van der Waals surface area (Å²) in [6.45, 7) is 6.60. The third-order valence-corrected chi connectivity index (χ3v) is 7.04. The lowest BCUT2D eigenvalue weighted by molar-refractivity contribution is 0.191. The van der Waals surface area contributed by atoms with Crippen molar-refractivity contribution in [2.45, 2.75) is 38.4 Å². The monoisotopic (exact) mass is 458 g/mol. The van der Waals surface area contributed by atoms with Gasteiger partial charge in [-0.1, -0.05) is 0 Å². The number of imidazole rings is 1. The van der Waals surface area contributed by atoms with E-state index >= 15 is 0 Å². The van der Waals surface area contributed by atoms with E-state index < -0.39 is 0 Å². The summed E-state index contributed by atoms with van der Waals surface area (Å²) in [5.41, 5.74) is 4.02. The SMILES string of the molecule is COc1cc(-c2c(-c3ccc(F)cc3)nc3ccc(N4C[C@@H]5C[C@@H]4CN5C(C)C)nn23)ccn1. The van der Waals surface area contributed by atoms with Crippen LogP contribution in [0.1, 0.15) is 20.3 Å². The maximum Gasteiger partial charge on any atom is 0.213 e. The van der Waals surface area contributed by atoms with Gasteiger partial charge in [0.05, 0.1) is 12.8 Å². The molecule has 3 aromatic heterocycles. The summed E-state index contributed by atoms with van der Waals surface area (Å²) < 4.78 is 20.9. The number of methoxy groups -OCH3 is 1. The number of benzene rings is 1. The summed E-state index contributed by atoms with van der Waals surface area (Å²) in [6, 6.07) is 15.9. The first kappa shape index (κ1) is 21.0. The van der Waals surface area contributed by atoms with E-state index in [4.69, 9.17) is 14.8 Å². The van der Waals surface area contributed by atoms with Gasteiger partial charge in [0, 0.05) is 54.6 Å². The summed E-state index contributed by atoms with van der Waals surface area (Å²) in [5.74, 6) is 1.19. The Morgan fingerprint density at radius 3 is 2.53 bits per heavy atom. The van der Waals surface area contributed by atoms with Crippen molar-refractivity contribution in [3.8, 4) is 28.4 Å². The highest BCUT2D eigenvalue weighted by Gasteiger charge is 2.44. The van der Waals surface area contributed by atoms with E-state index in [-0.39, 0.29) is 5.82 Å². The minimum absolute atomic E-state index is 0.278. The Bertz CT molecular complexity index is 1350. The number of nitrogens with zero attached hydrogens (tertiary/aromatic N) is 6. The minimum Gasteiger partial charge on any atom is -0.481 e. The van der Waals surface area contributed by atoms with E-state index in [2.05, 4.69) is 34.7 Å². The average molecular weight is 459 g/mol. The number of hydrogen-bond acceptors (Lipinski definition) is 6. The second kappa shape index (κ2) is 8.06. The molecule has 2 bridgehead atoms. The van der Waals surface area contributed by atoms with Crippen molar-refractivity contribution in [2.24, 2.45) is 0 Å². The molecule has 34 heavy (non-hydrogen) atoms. The zero-order valence-corrected chi connectivity index (χ0v) is 19.5. The predicted molar refractivity (Wildman–Crippen MR) is 130 cm³/mol. The van der Waals surface area contributed by atoms with Crippen LogP contribution in [0, 0.1) is 5.82 Å². The highest BCUT2D eigenvalue weighted by molar-refractivity contribution is 5.82. The first-order chi connectivity index (χ1) is 16.5. The van der Waals surface area contributed by atoms with Crippen LogP contribution in [0.4, 0.5) is 10.2 Å². The standard InChI is InChI=1S/C26H27FN6O/c1-16(2)31-14-21-13-20(31)15-32(21)23-9-8-22-29-25(17-4-6-19(27)7-5-17)26(33(22)30-23)18-10-11-28-24(12-18)34-3/h4-12,16,20-21H,13-15H2,1-3H3/t20-,21+/m0/s1. The van der Waals surface area contributed by atoms with Crippen LogP contribution in [0.15, 0.2) is 54.7 Å². The molecular weight excluding hydrogens is 431 g/mol. The predicted octanol–water partition coefficient (Wildman–Crippen LogP) is 4.28. The van der Waals surface area contributed by atoms with Gasteiger partial charge in [-0.2, -0.15) is 0 Å². The molecule has 0 spiro atoms. The number of fused-ring (bicyclic) bond motifs is 3. The molecule has 2 atom stereocenters. The Hall–Kier alpha value is -3.52. The van der Waals surface area contributed by atoms with Crippen molar-refractivity contribution in [2.75, 3.05) is 25.1 Å². The number of rotatable bonds is 5. The fraction of sp³-hybridized carbons (Fsp3) is 0.346. The molecule has 0 amide bonds. The summed E-state index contributed by atoms with van der Waals surface area (Å²) in [5, 5.41) is 5.07. The Kier molecular flexibility index (Phi) is 4.99. The Morgan fingerprint density at radius 2 is 1.82 bits per heavy atom. The second-order valence-corrected chi connectivity index (χ2v) is 9.35. The molecule has 2 aliphatic heterocycles. The van der Waals surface area contributed by atoms with Crippen molar-refractivity contribution >= 4 is 11.5 Å². The average Bonchev–Trinajstić information content (AvgIpc) is 3.56. The van der Waals surface area contributed by atoms with Crippen LogP contribution in [0.25, 0.3) is 28.2 Å². The second-order valence-electron chi connectivity index (χ2n) is 9.35. The Labute approximate surface area is 197 Å². The number of piperazine rings is 1. The number of anilines is 1. The molecule has 2 fully saturated rings. The topological polar surface area (TPSA) is 58.8 Å². The number of aromatic nitrogens is 4. The molecule has 2 saturated heterocycles. The van der Waals surface area contributed by atoms with Gasteiger partial charge in [0.15, 0.2) is 5.65 Å². The van der Waals surface area contributed by atoms with Gasteiger partial charge in [-0.25, -0.2) is 18.9 Å². The lowest BCUT2D eigenvalue weighted by Gasteiger charge is -2.36. The number of pyridine rings is 1. The summed E-state index contributed by atoms with van der Waals surface area (Å²) in [7, 11) is 1.60. The normalized spacial score (nSPS) is 20.1. The largest absolute Gasteiger partial charge is 0.481 e. The van der Waals surface area contributed by atoms with Crippen molar-refractivity contribution in [1.29, 1.82) is 0 Å². The number of hydrogen-bond donors (Lipinski definition) is 0. The molecule has 4 aromatic rings. The van der Waals surface area contributed by atoms with Crippen molar-refractivity contribution in [3.05, 3.63) is 60.5 Å². The molecule has 0 radical (unpaired) electrons. The van der Waals surface area contributed by atoms with Crippen molar-refractivity contribution < 1.29 is 9.13 Å². The summed E-state index contributed by atoms with van der Waals surface area (Å²) in [6.07, 6.45) is 2.89. The number of likely N-dealkylation sites (tertiary alicyclic amines) is 1. The molecule has 6 rings (SSSR count). The van der Waals surface area contributed by atoms with E-state index in [1.807, 2.05) is 22.7 Å². The zero-order valence-electron chi connectivity index (χ0n) is 19.5. The van der Waals surface area contributed by atoms with Gasteiger partial charge in [-0.15, -0.1) is 5.10 Å². The van der Waals surface area contributed by atoms with Gasteiger partial charge in [-0.3, -0.25) is 4.90 Å². The van der Waals surface area contributed by atoms with Crippen molar-refractivity contribution in [1.82, 2.24) is 24.5 Å². The molecule has 5 heterocycles. The van der Waals surface area contributed by atoms with Gasteiger partial charge in [0.2, 0.25) is 5.88 Å². The summed E-state index contributed by atoms with van der Waals surface area (Å²) >= 11 is 0. The number of halogens is 1. The van der Waals surface area contributed by atoms with Gasteiger partial charge >= 0.3 is 0 Å². The Morgan fingerprint density at radius 1 is 1.00 bits per heavy atom. The highest BCUT2D eigenvalue weighted by Crippen LogP contribution is 2.37. The lowest BCUT2D eigenvalue weighted by atomic mass is 10.1. The highest BCUT2D eigenvalue weighted by atomic mass is 19.1. The smallest absolute Gasteiger partial charge is 0.213 e. The maximum absolute atomic E-state index is 13.6. The molecule has 0 N–H and O–H groups in total. The fourth-order valence-corrected chi connectivity index (χ4v) is 5.42. The van der Waals surface area contributed by atoms with Gasteiger partial charge in [-0.05, 0) is 62.7 Å². The molecule has 0 unspecified atom stereocenters. The van der Waals surface area contributed by atoms with E-state index in [0.29, 0.717) is 24.0 Å². The van der Waals surface area contributed by atoms with E-state index in [0.717, 1.165) is 47.1 Å². The van der Waals surface area contributed by atoms with E-state index in [9.17, 15) is 4.39 Å². The quantitative estimate of drug-likeness (QED) is 0.445. The van der Waals surface area contributed by atoms with E-state index in [1.54, 1.807) is 25.4 Å². The lowest BCUT2D eigenvalue weighted by Crippen LogP contribution is -2.49. The number of ether oxygens (including phenoxy) is 1. The molecule has 1 aromatic carbocycles. The van der Waals surface area contributed by atoms with Gasteiger partial charge in [0.1, 0.15) is 17.3 Å². The van der Waals surface area contributed by atoms with Crippen LogP contribution in [0.2, 0.25) is 0 Å². The van der Waals surface area contributed by atoms with Gasteiger partial charge < -0.3 is 9.64 Å². The molecule has 174 valence electrons.